The number of nitrogens with zero attached hydrogens (tertiary/aromatic N) is 1. The summed E-state index contributed by atoms with van der Waals surface area (Å²) >= 11 is 0. The van der Waals surface area contributed by atoms with Crippen molar-refractivity contribution in [2.75, 3.05) is 32.8 Å². The zero-order valence-corrected chi connectivity index (χ0v) is 11.9. The van der Waals surface area contributed by atoms with Gasteiger partial charge in [0.15, 0.2) is 0 Å². The van der Waals surface area contributed by atoms with E-state index in [9.17, 15) is 9.59 Å². The summed E-state index contributed by atoms with van der Waals surface area (Å²) in [4.78, 5) is 25.0. The lowest BCUT2D eigenvalue weighted by Gasteiger charge is -2.29. The van der Waals surface area contributed by atoms with Gasteiger partial charge in [0.1, 0.15) is 0 Å². The molecule has 6 heteroatoms. The van der Waals surface area contributed by atoms with Gasteiger partial charge in [-0.25, -0.2) is 0 Å². The summed E-state index contributed by atoms with van der Waals surface area (Å²) in [6.07, 6.45) is -0.00418. The van der Waals surface area contributed by atoms with Crippen molar-refractivity contribution in [2.24, 2.45) is 5.41 Å². The van der Waals surface area contributed by atoms with E-state index in [-0.39, 0.29) is 18.4 Å². The first-order chi connectivity index (χ1) is 8.81. The van der Waals surface area contributed by atoms with Gasteiger partial charge in [0.25, 0.3) is 0 Å². The molecule has 1 heterocycles. The highest BCUT2D eigenvalue weighted by atomic mass is 16.5. The molecule has 0 aromatic rings. The molecule has 19 heavy (non-hydrogen) atoms. The average molecular weight is 272 g/mol. The topological polar surface area (TPSA) is 78.9 Å². The van der Waals surface area contributed by atoms with Crippen molar-refractivity contribution in [3.63, 3.8) is 0 Å². The number of carbonyl (C=O) groups is 2. The number of hydrogen-bond donors (Lipinski definition) is 2. The predicted octanol–water partition coefficient (Wildman–Crippen LogP) is 0.324. The van der Waals surface area contributed by atoms with E-state index in [0.29, 0.717) is 0 Å². The molecule has 1 fully saturated rings. The Morgan fingerprint density at radius 2 is 1.95 bits per heavy atom. The van der Waals surface area contributed by atoms with Gasteiger partial charge >= 0.3 is 5.97 Å². The Bertz CT molecular complexity index is 325. The van der Waals surface area contributed by atoms with E-state index < -0.39 is 11.4 Å². The number of nitrogens with one attached hydrogen (secondary N) is 1. The normalized spacial score (nSPS) is 18.9. The third kappa shape index (κ3) is 5.57. The molecule has 0 saturated carbocycles. The minimum atomic E-state index is -1.03. The molecule has 1 aliphatic heterocycles. The average Bonchev–Trinajstić information content (AvgIpc) is 2.28. The first-order valence-corrected chi connectivity index (χ1v) is 6.64. The Hall–Kier alpha value is -1.14. The Labute approximate surface area is 114 Å². The van der Waals surface area contributed by atoms with E-state index in [0.717, 1.165) is 32.8 Å². The fraction of sp³-hybridized carbons (Fsp3) is 0.846. The van der Waals surface area contributed by atoms with Crippen LogP contribution in [0.2, 0.25) is 0 Å². The first-order valence-electron chi connectivity index (χ1n) is 6.64. The summed E-state index contributed by atoms with van der Waals surface area (Å²) in [7, 11) is 0. The largest absolute Gasteiger partial charge is 0.481 e. The third-order valence-electron chi connectivity index (χ3n) is 3.22. The summed E-state index contributed by atoms with van der Waals surface area (Å²) in [5.41, 5.74) is -1.03. The molecule has 1 saturated heterocycles. The van der Waals surface area contributed by atoms with Gasteiger partial charge in [0.2, 0.25) is 5.91 Å². The highest BCUT2D eigenvalue weighted by molar-refractivity contribution is 5.84. The second-order valence-electron chi connectivity index (χ2n) is 5.75. The lowest BCUT2D eigenvalue weighted by atomic mass is 9.89. The Kier molecular flexibility index (Phi) is 5.75. The highest BCUT2D eigenvalue weighted by Crippen LogP contribution is 2.20. The molecule has 1 atom stereocenters. The van der Waals surface area contributed by atoms with Crippen molar-refractivity contribution in [3.8, 4) is 0 Å². The number of morpholine rings is 1. The predicted molar refractivity (Wildman–Crippen MR) is 70.9 cm³/mol. The van der Waals surface area contributed by atoms with Crippen LogP contribution in [0.15, 0.2) is 0 Å². The van der Waals surface area contributed by atoms with Crippen molar-refractivity contribution >= 4 is 11.9 Å². The number of carboxylic acid groups (broad SMARTS) is 1. The van der Waals surface area contributed by atoms with Crippen molar-refractivity contribution in [1.29, 1.82) is 0 Å². The van der Waals surface area contributed by atoms with Gasteiger partial charge < -0.3 is 15.2 Å². The SMILES string of the molecule is CC(CN1CCOCC1)NC(=O)CC(C)(C)C(=O)O. The summed E-state index contributed by atoms with van der Waals surface area (Å²) in [6, 6.07) is 0.00944. The van der Waals surface area contributed by atoms with Crippen molar-refractivity contribution in [3.05, 3.63) is 0 Å². The smallest absolute Gasteiger partial charge is 0.309 e. The molecule has 1 unspecified atom stereocenters. The molecule has 0 aromatic carbocycles. The molecule has 0 aliphatic carbocycles. The van der Waals surface area contributed by atoms with E-state index in [1.54, 1.807) is 13.8 Å². The summed E-state index contributed by atoms with van der Waals surface area (Å²) in [5.74, 6) is -1.17. The van der Waals surface area contributed by atoms with Gasteiger partial charge in [-0.3, -0.25) is 14.5 Å². The van der Waals surface area contributed by atoms with Crippen LogP contribution in [0, 0.1) is 5.41 Å². The highest BCUT2D eigenvalue weighted by Gasteiger charge is 2.30. The van der Waals surface area contributed by atoms with E-state index in [4.69, 9.17) is 9.84 Å². The molecule has 2 N–H and O–H groups in total. The van der Waals surface area contributed by atoms with Gasteiger partial charge in [-0.15, -0.1) is 0 Å². The Morgan fingerprint density at radius 3 is 2.47 bits per heavy atom. The minimum absolute atomic E-state index is 0.00418. The standard InChI is InChI=1S/C13H24N2O4/c1-10(9-15-4-6-19-7-5-15)14-11(16)8-13(2,3)12(17)18/h10H,4-9H2,1-3H3,(H,14,16)(H,17,18). The summed E-state index contributed by atoms with van der Waals surface area (Å²) in [6.45, 7) is 9.02. The second kappa shape index (κ2) is 6.86. The van der Waals surface area contributed by atoms with Crippen LogP contribution in [0.4, 0.5) is 0 Å². The fourth-order valence-electron chi connectivity index (χ4n) is 2.02. The van der Waals surface area contributed by atoms with Crippen LogP contribution >= 0.6 is 0 Å². The molecule has 110 valence electrons. The molecule has 1 aliphatic rings. The van der Waals surface area contributed by atoms with Crippen LogP contribution in [-0.2, 0) is 14.3 Å². The Balaban J connectivity index is 2.33. The van der Waals surface area contributed by atoms with Gasteiger partial charge in [-0.05, 0) is 20.8 Å². The Morgan fingerprint density at radius 1 is 1.37 bits per heavy atom. The number of carboxylic acids is 1. The monoisotopic (exact) mass is 272 g/mol. The maximum Gasteiger partial charge on any atom is 0.309 e. The summed E-state index contributed by atoms with van der Waals surface area (Å²) in [5, 5.41) is 11.8. The molecule has 1 rings (SSSR count). The quantitative estimate of drug-likeness (QED) is 0.728. The minimum Gasteiger partial charge on any atom is -0.481 e. The van der Waals surface area contributed by atoms with E-state index in [1.807, 2.05) is 6.92 Å². The fourth-order valence-corrected chi connectivity index (χ4v) is 2.02. The van der Waals surface area contributed by atoms with Gasteiger partial charge in [-0.2, -0.15) is 0 Å². The number of carbonyl (C=O) groups excluding carboxylic acids is 1. The molecule has 1 amide bonds. The molecule has 6 nitrogen and oxygen atoms in total. The van der Waals surface area contributed by atoms with Crippen LogP contribution in [-0.4, -0.2) is 60.8 Å². The van der Waals surface area contributed by atoms with Crippen LogP contribution in [0.25, 0.3) is 0 Å². The van der Waals surface area contributed by atoms with E-state index in [2.05, 4.69) is 10.2 Å². The first kappa shape index (κ1) is 15.9. The van der Waals surface area contributed by atoms with E-state index >= 15 is 0 Å². The number of amides is 1. The van der Waals surface area contributed by atoms with Crippen LogP contribution in [0.3, 0.4) is 0 Å². The van der Waals surface area contributed by atoms with Crippen molar-refractivity contribution < 1.29 is 19.4 Å². The lowest BCUT2D eigenvalue weighted by molar-refractivity contribution is -0.149. The van der Waals surface area contributed by atoms with Crippen LogP contribution in [0.5, 0.6) is 0 Å². The second-order valence-corrected chi connectivity index (χ2v) is 5.75. The molecule has 0 aromatic heterocycles. The third-order valence-corrected chi connectivity index (χ3v) is 3.22. The number of ether oxygens (including phenoxy) is 1. The molecule has 0 spiro atoms. The van der Waals surface area contributed by atoms with Crippen LogP contribution < -0.4 is 5.32 Å². The van der Waals surface area contributed by atoms with E-state index in [1.165, 1.54) is 0 Å². The van der Waals surface area contributed by atoms with Crippen molar-refractivity contribution in [2.45, 2.75) is 33.2 Å². The van der Waals surface area contributed by atoms with Gasteiger partial charge in [0.05, 0.1) is 18.6 Å². The number of rotatable bonds is 6. The number of aliphatic carboxylic acids is 1. The maximum absolute atomic E-state index is 11.8. The van der Waals surface area contributed by atoms with Gasteiger partial charge in [-0.1, -0.05) is 0 Å². The zero-order chi connectivity index (χ0) is 14.5. The molecule has 0 radical (unpaired) electrons. The molecular formula is C13H24N2O4. The summed E-state index contributed by atoms with van der Waals surface area (Å²) < 4.78 is 5.26. The van der Waals surface area contributed by atoms with Crippen LogP contribution in [0.1, 0.15) is 27.2 Å². The van der Waals surface area contributed by atoms with Crippen molar-refractivity contribution in [1.82, 2.24) is 10.2 Å². The molecular weight excluding hydrogens is 248 g/mol. The van der Waals surface area contributed by atoms with Gasteiger partial charge in [0, 0.05) is 32.1 Å². The zero-order valence-electron chi connectivity index (χ0n) is 11.9. The lowest BCUT2D eigenvalue weighted by Crippen LogP contribution is -2.46. The maximum atomic E-state index is 11.8. The molecule has 0 bridgehead atoms. The number of hydrogen-bond acceptors (Lipinski definition) is 4.